The number of rotatable bonds is 5. The van der Waals surface area contributed by atoms with Crippen molar-refractivity contribution in [3.8, 4) is 0 Å². The van der Waals surface area contributed by atoms with Gasteiger partial charge in [0.15, 0.2) is 0 Å². The minimum atomic E-state index is -1.06. The highest BCUT2D eigenvalue weighted by Gasteiger charge is 2.46. The van der Waals surface area contributed by atoms with Crippen LogP contribution in [0, 0.1) is 0 Å². The SMILES string of the molecule is CC(Sc1ccccc1Cl)C(=O)NC1(C(=O)O)CCC1. The summed E-state index contributed by atoms with van der Waals surface area (Å²) in [5, 5.41) is 12.1. The first kappa shape index (κ1) is 15.2. The molecule has 1 atom stereocenters. The quantitative estimate of drug-likeness (QED) is 0.820. The molecule has 0 heterocycles. The predicted octanol–water partition coefficient (Wildman–Crippen LogP) is 2.94. The van der Waals surface area contributed by atoms with Crippen molar-refractivity contribution in [2.75, 3.05) is 0 Å². The van der Waals surface area contributed by atoms with Gasteiger partial charge in [-0.3, -0.25) is 4.79 Å². The summed E-state index contributed by atoms with van der Waals surface area (Å²) in [5.74, 6) is -1.22. The van der Waals surface area contributed by atoms with Crippen molar-refractivity contribution >= 4 is 35.2 Å². The summed E-state index contributed by atoms with van der Waals surface area (Å²) in [6, 6.07) is 7.28. The highest BCUT2D eigenvalue weighted by Crippen LogP contribution is 2.34. The number of aliphatic carboxylic acids is 1. The molecule has 108 valence electrons. The first-order chi connectivity index (χ1) is 9.44. The molecule has 1 aliphatic rings. The molecule has 0 aromatic heterocycles. The predicted molar refractivity (Wildman–Crippen MR) is 79.1 cm³/mol. The number of carbonyl (C=O) groups is 2. The third kappa shape index (κ3) is 3.10. The Morgan fingerprint density at radius 3 is 2.55 bits per heavy atom. The van der Waals surface area contributed by atoms with Crippen molar-refractivity contribution in [3.63, 3.8) is 0 Å². The van der Waals surface area contributed by atoms with Crippen molar-refractivity contribution in [2.45, 2.75) is 41.9 Å². The molecule has 1 aromatic rings. The van der Waals surface area contributed by atoms with Crippen LogP contribution in [0.1, 0.15) is 26.2 Å². The number of carbonyl (C=O) groups excluding carboxylic acids is 1. The fourth-order valence-electron chi connectivity index (χ4n) is 2.04. The third-order valence-electron chi connectivity index (χ3n) is 3.49. The minimum Gasteiger partial charge on any atom is -0.480 e. The molecule has 0 bridgehead atoms. The maximum Gasteiger partial charge on any atom is 0.329 e. The van der Waals surface area contributed by atoms with Crippen LogP contribution in [0.15, 0.2) is 29.2 Å². The minimum absolute atomic E-state index is 0.267. The largest absolute Gasteiger partial charge is 0.480 e. The normalized spacial score (nSPS) is 17.9. The Morgan fingerprint density at radius 1 is 1.40 bits per heavy atom. The molecule has 1 unspecified atom stereocenters. The molecule has 1 amide bonds. The number of carboxylic acids is 1. The Balaban J connectivity index is 1.99. The number of benzene rings is 1. The molecule has 0 radical (unpaired) electrons. The Bertz CT molecular complexity index is 531. The van der Waals surface area contributed by atoms with Crippen LogP contribution < -0.4 is 5.32 Å². The van der Waals surface area contributed by atoms with Crippen LogP contribution in [0.4, 0.5) is 0 Å². The second-order valence-corrected chi connectivity index (χ2v) is 6.71. The molecular weight excluding hydrogens is 298 g/mol. The van der Waals surface area contributed by atoms with Crippen LogP contribution >= 0.6 is 23.4 Å². The molecule has 0 saturated heterocycles. The van der Waals surface area contributed by atoms with Crippen molar-refractivity contribution < 1.29 is 14.7 Å². The summed E-state index contributed by atoms with van der Waals surface area (Å²) in [4.78, 5) is 24.2. The van der Waals surface area contributed by atoms with Gasteiger partial charge in [0.05, 0.1) is 10.3 Å². The van der Waals surface area contributed by atoms with Gasteiger partial charge in [-0.25, -0.2) is 4.79 Å². The lowest BCUT2D eigenvalue weighted by Gasteiger charge is -2.38. The number of thioether (sulfide) groups is 1. The third-order valence-corrected chi connectivity index (χ3v) is 5.11. The molecule has 2 N–H and O–H groups in total. The molecule has 2 rings (SSSR count). The second-order valence-electron chi connectivity index (χ2n) is 4.92. The summed E-state index contributed by atoms with van der Waals surface area (Å²) < 4.78 is 0. The van der Waals surface area contributed by atoms with Gasteiger partial charge in [-0.05, 0) is 38.3 Å². The average Bonchev–Trinajstić information content (AvgIpc) is 2.35. The number of hydrogen-bond acceptors (Lipinski definition) is 3. The topological polar surface area (TPSA) is 66.4 Å². The molecule has 6 heteroatoms. The van der Waals surface area contributed by atoms with Crippen molar-refractivity contribution in [1.82, 2.24) is 5.32 Å². The van der Waals surface area contributed by atoms with E-state index in [-0.39, 0.29) is 5.91 Å². The lowest BCUT2D eigenvalue weighted by molar-refractivity contribution is -0.151. The van der Waals surface area contributed by atoms with Gasteiger partial charge in [-0.2, -0.15) is 0 Å². The van der Waals surface area contributed by atoms with E-state index in [1.807, 2.05) is 18.2 Å². The van der Waals surface area contributed by atoms with Gasteiger partial charge in [0.2, 0.25) is 5.91 Å². The zero-order valence-electron chi connectivity index (χ0n) is 11.1. The first-order valence-corrected chi connectivity index (χ1v) is 7.67. The highest BCUT2D eigenvalue weighted by atomic mass is 35.5. The zero-order chi connectivity index (χ0) is 14.8. The van der Waals surface area contributed by atoms with Crippen LogP contribution in [-0.2, 0) is 9.59 Å². The summed E-state index contributed by atoms with van der Waals surface area (Å²) in [5.41, 5.74) is -1.06. The molecule has 1 aliphatic carbocycles. The average molecular weight is 314 g/mol. The van der Waals surface area contributed by atoms with Crippen LogP contribution in [0.5, 0.6) is 0 Å². The summed E-state index contributed by atoms with van der Waals surface area (Å²) >= 11 is 7.38. The fraction of sp³-hybridized carbons (Fsp3) is 0.429. The Labute approximate surface area is 126 Å². The van der Waals surface area contributed by atoms with Crippen LogP contribution in [-0.4, -0.2) is 27.8 Å². The first-order valence-electron chi connectivity index (χ1n) is 6.41. The maximum absolute atomic E-state index is 12.1. The Morgan fingerprint density at radius 2 is 2.05 bits per heavy atom. The van der Waals surface area contributed by atoms with E-state index in [4.69, 9.17) is 11.6 Å². The van der Waals surface area contributed by atoms with Gasteiger partial charge < -0.3 is 10.4 Å². The molecule has 1 fully saturated rings. The van der Waals surface area contributed by atoms with Crippen molar-refractivity contribution in [3.05, 3.63) is 29.3 Å². The number of halogens is 1. The zero-order valence-corrected chi connectivity index (χ0v) is 12.6. The molecule has 0 spiro atoms. The molecule has 0 aliphatic heterocycles. The molecule has 1 saturated carbocycles. The van der Waals surface area contributed by atoms with Gasteiger partial charge in [0, 0.05) is 4.90 Å². The number of carboxylic acid groups (broad SMARTS) is 1. The maximum atomic E-state index is 12.1. The summed E-state index contributed by atoms with van der Waals surface area (Å²) in [6.07, 6.45) is 1.83. The van der Waals surface area contributed by atoms with Crippen molar-refractivity contribution in [1.29, 1.82) is 0 Å². The molecule has 1 aromatic carbocycles. The monoisotopic (exact) mass is 313 g/mol. The number of nitrogens with one attached hydrogen (secondary N) is 1. The van der Waals surface area contributed by atoms with Gasteiger partial charge in [0.1, 0.15) is 5.54 Å². The Kier molecular flexibility index (Phi) is 4.60. The molecule has 4 nitrogen and oxygen atoms in total. The van der Waals surface area contributed by atoms with Gasteiger partial charge >= 0.3 is 5.97 Å². The van der Waals surface area contributed by atoms with E-state index in [0.29, 0.717) is 17.9 Å². The number of amides is 1. The van der Waals surface area contributed by atoms with Crippen LogP contribution in [0.25, 0.3) is 0 Å². The second kappa shape index (κ2) is 6.06. The van der Waals surface area contributed by atoms with E-state index in [1.54, 1.807) is 13.0 Å². The lowest BCUT2D eigenvalue weighted by atomic mass is 9.76. The van der Waals surface area contributed by atoms with E-state index >= 15 is 0 Å². The fourth-order valence-corrected chi connectivity index (χ4v) is 3.20. The highest BCUT2D eigenvalue weighted by molar-refractivity contribution is 8.00. The summed E-state index contributed by atoms with van der Waals surface area (Å²) in [7, 11) is 0. The van der Waals surface area contributed by atoms with E-state index in [2.05, 4.69) is 5.32 Å². The van der Waals surface area contributed by atoms with E-state index < -0.39 is 16.8 Å². The van der Waals surface area contributed by atoms with Gasteiger partial charge in [-0.15, -0.1) is 11.8 Å². The standard InChI is InChI=1S/C14H16ClNO3S/c1-9(20-11-6-3-2-5-10(11)15)12(17)16-14(13(18)19)7-4-8-14/h2-3,5-6,9H,4,7-8H2,1H3,(H,16,17)(H,18,19). The lowest BCUT2D eigenvalue weighted by Crippen LogP contribution is -2.60. The van der Waals surface area contributed by atoms with E-state index in [0.717, 1.165) is 11.3 Å². The smallest absolute Gasteiger partial charge is 0.329 e. The Hall–Kier alpha value is -1.20. The summed E-state index contributed by atoms with van der Waals surface area (Å²) in [6.45, 7) is 1.75. The number of hydrogen-bond donors (Lipinski definition) is 2. The van der Waals surface area contributed by atoms with E-state index in [1.165, 1.54) is 11.8 Å². The molecular formula is C14H16ClNO3S. The van der Waals surface area contributed by atoms with Crippen molar-refractivity contribution in [2.24, 2.45) is 0 Å². The molecule has 20 heavy (non-hydrogen) atoms. The van der Waals surface area contributed by atoms with Crippen LogP contribution in [0.3, 0.4) is 0 Å². The van der Waals surface area contributed by atoms with E-state index in [9.17, 15) is 14.7 Å². The van der Waals surface area contributed by atoms with Crippen LogP contribution in [0.2, 0.25) is 5.02 Å². The van der Waals surface area contributed by atoms with Gasteiger partial charge in [-0.1, -0.05) is 23.7 Å². The van der Waals surface area contributed by atoms with Gasteiger partial charge in [0.25, 0.3) is 0 Å².